The number of hydrogen-bond acceptors (Lipinski definition) is 2. The molecule has 0 aliphatic heterocycles. The van der Waals surface area contributed by atoms with Crippen LogP contribution in [0.1, 0.15) is 66.2 Å². The summed E-state index contributed by atoms with van der Waals surface area (Å²) >= 11 is 0. The summed E-state index contributed by atoms with van der Waals surface area (Å²) in [4.78, 5) is 12.3. The minimum Gasteiger partial charge on any atom is -0.352 e. The van der Waals surface area contributed by atoms with E-state index in [0.717, 1.165) is 12.8 Å². The third-order valence-corrected chi connectivity index (χ3v) is 6.21. The molecule has 3 heteroatoms. The highest BCUT2D eigenvalue weighted by Crippen LogP contribution is 2.62. The first kappa shape index (κ1) is 14.8. The highest BCUT2D eigenvalue weighted by atomic mass is 16.1. The van der Waals surface area contributed by atoms with Crippen molar-refractivity contribution in [1.29, 1.82) is 0 Å². The number of carbonyl (C=O) groups excluding carboxylic acids is 1. The van der Waals surface area contributed by atoms with Gasteiger partial charge in [-0.05, 0) is 35.6 Å². The molecular formula is C16H30N2O. The molecule has 2 rings (SSSR count). The van der Waals surface area contributed by atoms with Crippen LogP contribution in [0.3, 0.4) is 0 Å². The van der Waals surface area contributed by atoms with Gasteiger partial charge in [-0.3, -0.25) is 4.79 Å². The molecule has 0 bridgehead atoms. The van der Waals surface area contributed by atoms with Crippen molar-refractivity contribution >= 4 is 5.91 Å². The zero-order valence-corrected chi connectivity index (χ0v) is 13.0. The maximum atomic E-state index is 12.3. The summed E-state index contributed by atoms with van der Waals surface area (Å²) in [5, 5.41) is 3.25. The van der Waals surface area contributed by atoms with E-state index in [-0.39, 0.29) is 22.2 Å². The molecule has 3 nitrogen and oxygen atoms in total. The van der Waals surface area contributed by atoms with Crippen LogP contribution < -0.4 is 11.1 Å². The molecule has 3 N–H and O–H groups in total. The van der Waals surface area contributed by atoms with Crippen molar-refractivity contribution in [2.75, 3.05) is 6.54 Å². The Morgan fingerprint density at radius 3 is 2.05 bits per heavy atom. The van der Waals surface area contributed by atoms with E-state index in [9.17, 15) is 4.79 Å². The molecule has 0 aromatic carbocycles. The molecule has 0 unspecified atom stereocenters. The first-order valence-electron chi connectivity index (χ1n) is 7.75. The van der Waals surface area contributed by atoms with Crippen LogP contribution in [0.4, 0.5) is 0 Å². The Balaban J connectivity index is 1.91. The molecule has 110 valence electrons. The fourth-order valence-electron chi connectivity index (χ4n) is 3.86. The highest BCUT2D eigenvalue weighted by Gasteiger charge is 2.65. The lowest BCUT2D eigenvalue weighted by Gasteiger charge is -2.35. The summed E-state index contributed by atoms with van der Waals surface area (Å²) in [6.07, 6.45) is 6.61. The zero-order valence-electron chi connectivity index (χ0n) is 13.0. The lowest BCUT2D eigenvalue weighted by molar-refractivity contribution is -0.124. The van der Waals surface area contributed by atoms with Crippen LogP contribution in [0.5, 0.6) is 0 Å². The van der Waals surface area contributed by atoms with Crippen LogP contribution in [0.25, 0.3) is 0 Å². The maximum Gasteiger partial charge on any atom is 0.220 e. The summed E-state index contributed by atoms with van der Waals surface area (Å²) < 4.78 is 0. The largest absolute Gasteiger partial charge is 0.352 e. The van der Waals surface area contributed by atoms with E-state index in [0.29, 0.717) is 19.0 Å². The summed E-state index contributed by atoms with van der Waals surface area (Å²) in [6.45, 7) is 9.58. The smallest absolute Gasteiger partial charge is 0.220 e. The van der Waals surface area contributed by atoms with E-state index in [1.165, 1.54) is 19.3 Å². The van der Waals surface area contributed by atoms with E-state index in [1.807, 2.05) is 0 Å². The molecule has 0 atom stereocenters. The average molecular weight is 266 g/mol. The Morgan fingerprint density at radius 2 is 1.63 bits per heavy atom. The number of nitrogens with one attached hydrogen (secondary N) is 1. The standard InChI is InChI=1S/C16H30N2O/c1-14(2)13(15(14,3)4)18-12(19)10-16(11-17)8-6-5-7-9-16/h13H,5-11,17H2,1-4H3,(H,18,19). The van der Waals surface area contributed by atoms with Crippen LogP contribution in [-0.2, 0) is 4.79 Å². The molecule has 0 spiro atoms. The van der Waals surface area contributed by atoms with Crippen LogP contribution in [0.15, 0.2) is 0 Å². The third kappa shape index (κ3) is 2.54. The number of hydrogen-bond donors (Lipinski definition) is 2. The molecule has 0 heterocycles. The molecule has 2 aliphatic carbocycles. The number of rotatable bonds is 4. The number of amides is 1. The van der Waals surface area contributed by atoms with Gasteiger partial charge in [-0.15, -0.1) is 0 Å². The first-order valence-corrected chi connectivity index (χ1v) is 7.75. The van der Waals surface area contributed by atoms with Gasteiger partial charge in [-0.2, -0.15) is 0 Å². The van der Waals surface area contributed by atoms with Gasteiger partial charge in [0, 0.05) is 12.5 Å². The SMILES string of the molecule is CC1(C)C(NC(=O)CC2(CN)CCCCC2)C1(C)C. The van der Waals surface area contributed by atoms with Gasteiger partial charge in [0.2, 0.25) is 5.91 Å². The minimum absolute atomic E-state index is 0.0749. The van der Waals surface area contributed by atoms with Gasteiger partial charge in [-0.1, -0.05) is 47.0 Å². The van der Waals surface area contributed by atoms with Gasteiger partial charge in [0.05, 0.1) is 0 Å². The predicted molar refractivity (Wildman–Crippen MR) is 78.7 cm³/mol. The topological polar surface area (TPSA) is 55.1 Å². The van der Waals surface area contributed by atoms with Gasteiger partial charge < -0.3 is 11.1 Å². The van der Waals surface area contributed by atoms with Crippen molar-refractivity contribution in [3.63, 3.8) is 0 Å². The second-order valence-electron chi connectivity index (χ2n) is 7.89. The van der Waals surface area contributed by atoms with Crippen molar-refractivity contribution < 1.29 is 4.79 Å². The second kappa shape index (κ2) is 4.76. The molecule has 19 heavy (non-hydrogen) atoms. The van der Waals surface area contributed by atoms with Gasteiger partial charge in [0.15, 0.2) is 0 Å². The summed E-state index contributed by atoms with van der Waals surface area (Å²) in [6, 6.07) is 0.311. The van der Waals surface area contributed by atoms with Crippen molar-refractivity contribution in [3.05, 3.63) is 0 Å². The first-order chi connectivity index (χ1) is 8.75. The van der Waals surface area contributed by atoms with Crippen molar-refractivity contribution in [1.82, 2.24) is 5.32 Å². The van der Waals surface area contributed by atoms with Crippen LogP contribution in [0, 0.1) is 16.2 Å². The highest BCUT2D eigenvalue weighted by molar-refractivity contribution is 5.78. The monoisotopic (exact) mass is 266 g/mol. The maximum absolute atomic E-state index is 12.3. The van der Waals surface area contributed by atoms with Crippen LogP contribution in [-0.4, -0.2) is 18.5 Å². The van der Waals surface area contributed by atoms with E-state index in [1.54, 1.807) is 0 Å². The van der Waals surface area contributed by atoms with E-state index in [2.05, 4.69) is 33.0 Å². The number of nitrogens with two attached hydrogens (primary N) is 1. The Hall–Kier alpha value is -0.570. The number of carbonyl (C=O) groups is 1. The van der Waals surface area contributed by atoms with E-state index >= 15 is 0 Å². The van der Waals surface area contributed by atoms with Gasteiger partial charge in [0.1, 0.15) is 0 Å². The predicted octanol–water partition coefficient (Wildman–Crippen LogP) is 2.84. The lowest BCUT2D eigenvalue weighted by atomic mass is 9.71. The molecule has 0 aromatic heterocycles. The van der Waals surface area contributed by atoms with Crippen LogP contribution >= 0.6 is 0 Å². The Kier molecular flexibility index (Phi) is 3.72. The third-order valence-electron chi connectivity index (χ3n) is 6.21. The Morgan fingerprint density at radius 1 is 1.11 bits per heavy atom. The van der Waals surface area contributed by atoms with E-state index < -0.39 is 0 Å². The minimum atomic E-state index is 0.0749. The van der Waals surface area contributed by atoms with Crippen molar-refractivity contribution in [2.24, 2.45) is 22.0 Å². The summed E-state index contributed by atoms with van der Waals surface area (Å²) in [5.74, 6) is 0.205. The summed E-state index contributed by atoms with van der Waals surface area (Å²) in [5.41, 5.74) is 6.46. The fraction of sp³-hybridized carbons (Fsp3) is 0.938. The lowest BCUT2D eigenvalue weighted by Crippen LogP contribution is -2.40. The molecule has 2 aliphatic rings. The van der Waals surface area contributed by atoms with Crippen molar-refractivity contribution in [3.8, 4) is 0 Å². The van der Waals surface area contributed by atoms with E-state index in [4.69, 9.17) is 5.73 Å². The average Bonchev–Trinajstić information content (AvgIpc) is 2.73. The Labute approximate surface area is 117 Å². The molecule has 0 saturated heterocycles. The normalized spacial score (nSPS) is 27.8. The van der Waals surface area contributed by atoms with Crippen LogP contribution in [0.2, 0.25) is 0 Å². The molecule has 0 aromatic rings. The fourth-order valence-corrected chi connectivity index (χ4v) is 3.86. The molecule has 2 fully saturated rings. The summed E-state index contributed by atoms with van der Waals surface area (Å²) in [7, 11) is 0. The Bertz CT molecular complexity index is 340. The van der Waals surface area contributed by atoms with Crippen molar-refractivity contribution in [2.45, 2.75) is 72.3 Å². The molecule has 2 saturated carbocycles. The molecule has 1 amide bonds. The van der Waals surface area contributed by atoms with Gasteiger partial charge in [0.25, 0.3) is 0 Å². The molecular weight excluding hydrogens is 236 g/mol. The van der Waals surface area contributed by atoms with Gasteiger partial charge >= 0.3 is 0 Å². The second-order valence-corrected chi connectivity index (χ2v) is 7.89. The molecule has 0 radical (unpaired) electrons. The quantitative estimate of drug-likeness (QED) is 0.822. The van der Waals surface area contributed by atoms with Gasteiger partial charge in [-0.25, -0.2) is 0 Å². The zero-order chi connectivity index (χ0) is 14.3.